The van der Waals surface area contributed by atoms with Gasteiger partial charge in [-0.25, -0.2) is 0 Å². The van der Waals surface area contributed by atoms with E-state index < -0.39 is 5.54 Å². The molecule has 0 heterocycles. The number of benzene rings is 1. The molecule has 0 radical (unpaired) electrons. The number of hydrogen-bond donors (Lipinski definition) is 1. The summed E-state index contributed by atoms with van der Waals surface area (Å²) in [5.74, 6) is 1.02. The number of nitriles is 1. The van der Waals surface area contributed by atoms with E-state index in [0.717, 1.165) is 25.0 Å². The Labute approximate surface area is 115 Å². The van der Waals surface area contributed by atoms with Crippen molar-refractivity contribution < 1.29 is 0 Å². The van der Waals surface area contributed by atoms with Crippen LogP contribution in [0.2, 0.25) is 0 Å². The zero-order chi connectivity index (χ0) is 13.6. The maximum absolute atomic E-state index is 9.00. The van der Waals surface area contributed by atoms with Crippen LogP contribution < -0.4 is 5.73 Å². The summed E-state index contributed by atoms with van der Waals surface area (Å²) in [5, 5.41) is 9.00. The highest BCUT2D eigenvalue weighted by molar-refractivity contribution is 7.99. The first-order valence-electron chi connectivity index (χ1n) is 6.41. The molecule has 0 aliphatic rings. The van der Waals surface area contributed by atoms with Gasteiger partial charge >= 0.3 is 0 Å². The number of nitrogens with two attached hydrogens (primary N) is 1. The van der Waals surface area contributed by atoms with E-state index in [0.29, 0.717) is 0 Å². The van der Waals surface area contributed by atoms with Crippen LogP contribution >= 0.6 is 11.8 Å². The Bertz CT molecular complexity index is 437. The van der Waals surface area contributed by atoms with Crippen molar-refractivity contribution in [3.63, 3.8) is 0 Å². The topological polar surface area (TPSA) is 49.8 Å². The van der Waals surface area contributed by atoms with Crippen LogP contribution in [0.1, 0.15) is 37.3 Å². The van der Waals surface area contributed by atoms with E-state index in [4.69, 9.17) is 11.0 Å². The SMILES string of the molecule is CCC(N)(C#N)CCCSc1cc(C)ccc1C. The minimum atomic E-state index is -0.637. The third-order valence-corrected chi connectivity index (χ3v) is 4.47. The molecule has 0 saturated heterocycles. The molecular weight excluding hydrogens is 240 g/mol. The Balaban J connectivity index is 2.43. The van der Waals surface area contributed by atoms with Crippen LogP contribution in [0.3, 0.4) is 0 Å². The summed E-state index contributed by atoms with van der Waals surface area (Å²) in [6, 6.07) is 8.73. The fourth-order valence-corrected chi connectivity index (χ4v) is 2.82. The van der Waals surface area contributed by atoms with E-state index in [1.54, 1.807) is 0 Å². The van der Waals surface area contributed by atoms with Crippen molar-refractivity contribution in [3.8, 4) is 6.07 Å². The zero-order valence-electron chi connectivity index (χ0n) is 11.5. The predicted octanol–water partition coefficient (Wildman–Crippen LogP) is 3.81. The van der Waals surface area contributed by atoms with E-state index in [1.165, 1.54) is 16.0 Å². The molecule has 18 heavy (non-hydrogen) atoms. The van der Waals surface area contributed by atoms with Crippen LogP contribution in [0, 0.1) is 25.2 Å². The van der Waals surface area contributed by atoms with Gasteiger partial charge in [-0.15, -0.1) is 11.8 Å². The first-order valence-corrected chi connectivity index (χ1v) is 7.39. The predicted molar refractivity (Wildman–Crippen MR) is 78.7 cm³/mol. The van der Waals surface area contributed by atoms with Crippen molar-refractivity contribution in [1.29, 1.82) is 5.26 Å². The maximum Gasteiger partial charge on any atom is 0.104 e. The summed E-state index contributed by atoms with van der Waals surface area (Å²) in [5.41, 5.74) is 7.94. The van der Waals surface area contributed by atoms with Crippen molar-refractivity contribution in [2.45, 2.75) is 50.5 Å². The third-order valence-electron chi connectivity index (χ3n) is 3.22. The van der Waals surface area contributed by atoms with Crippen molar-refractivity contribution >= 4 is 11.8 Å². The molecule has 98 valence electrons. The molecule has 1 unspecified atom stereocenters. The highest BCUT2D eigenvalue weighted by Gasteiger charge is 2.20. The van der Waals surface area contributed by atoms with E-state index in [9.17, 15) is 0 Å². The van der Waals surface area contributed by atoms with Gasteiger partial charge in [-0.3, -0.25) is 0 Å². The normalized spacial score (nSPS) is 13.9. The second-order valence-corrected chi connectivity index (χ2v) is 5.98. The minimum absolute atomic E-state index is 0.637. The summed E-state index contributed by atoms with van der Waals surface area (Å²) in [6.45, 7) is 6.22. The number of hydrogen-bond acceptors (Lipinski definition) is 3. The number of thioether (sulfide) groups is 1. The van der Waals surface area contributed by atoms with Gasteiger partial charge in [0, 0.05) is 4.90 Å². The summed E-state index contributed by atoms with van der Waals surface area (Å²) >= 11 is 1.86. The van der Waals surface area contributed by atoms with Crippen LogP contribution in [0.15, 0.2) is 23.1 Å². The van der Waals surface area contributed by atoms with Crippen molar-refractivity contribution in [2.24, 2.45) is 5.73 Å². The molecular formula is C15H22N2S. The lowest BCUT2D eigenvalue weighted by Gasteiger charge is -2.18. The van der Waals surface area contributed by atoms with Crippen LogP contribution in [0.4, 0.5) is 0 Å². The van der Waals surface area contributed by atoms with Gasteiger partial charge in [0.1, 0.15) is 5.54 Å². The average Bonchev–Trinajstić information content (AvgIpc) is 2.38. The van der Waals surface area contributed by atoms with Gasteiger partial charge in [0.2, 0.25) is 0 Å². The second kappa shape index (κ2) is 6.82. The van der Waals surface area contributed by atoms with Gasteiger partial charge in [0.05, 0.1) is 6.07 Å². The summed E-state index contributed by atoms with van der Waals surface area (Å²) in [6.07, 6.45) is 2.48. The number of aryl methyl sites for hydroxylation is 2. The lowest BCUT2D eigenvalue weighted by Crippen LogP contribution is -2.37. The molecule has 1 atom stereocenters. The minimum Gasteiger partial charge on any atom is -0.313 e. The van der Waals surface area contributed by atoms with Crippen molar-refractivity contribution in [1.82, 2.24) is 0 Å². The molecule has 0 aliphatic heterocycles. The van der Waals surface area contributed by atoms with Gasteiger partial charge in [-0.1, -0.05) is 24.6 Å². The van der Waals surface area contributed by atoms with Crippen LogP contribution in [-0.4, -0.2) is 11.3 Å². The van der Waals surface area contributed by atoms with E-state index in [1.807, 2.05) is 18.7 Å². The van der Waals surface area contributed by atoms with Gasteiger partial charge in [0.15, 0.2) is 0 Å². The molecule has 0 fully saturated rings. The molecule has 3 heteroatoms. The molecule has 1 aromatic carbocycles. The third kappa shape index (κ3) is 4.36. The molecule has 2 N–H and O–H groups in total. The average molecular weight is 262 g/mol. The van der Waals surface area contributed by atoms with Crippen LogP contribution in [0.5, 0.6) is 0 Å². The molecule has 1 rings (SSSR count). The molecule has 0 amide bonds. The smallest absolute Gasteiger partial charge is 0.104 e. The molecule has 2 nitrogen and oxygen atoms in total. The summed E-state index contributed by atoms with van der Waals surface area (Å²) < 4.78 is 0. The second-order valence-electron chi connectivity index (χ2n) is 4.84. The fraction of sp³-hybridized carbons (Fsp3) is 0.533. The zero-order valence-corrected chi connectivity index (χ0v) is 12.3. The van der Waals surface area contributed by atoms with E-state index in [2.05, 4.69) is 38.1 Å². The molecule has 0 saturated carbocycles. The Morgan fingerprint density at radius 2 is 2.11 bits per heavy atom. The Hall–Kier alpha value is -0.980. The van der Waals surface area contributed by atoms with Crippen molar-refractivity contribution in [3.05, 3.63) is 29.3 Å². The Morgan fingerprint density at radius 3 is 2.72 bits per heavy atom. The standard InChI is InChI=1S/C15H22N2S/c1-4-15(17,11-16)8-5-9-18-14-10-12(2)6-7-13(14)3/h6-7,10H,4-5,8-9,17H2,1-3H3. The van der Waals surface area contributed by atoms with Gasteiger partial charge in [-0.2, -0.15) is 5.26 Å². The fourth-order valence-electron chi connectivity index (χ4n) is 1.74. The maximum atomic E-state index is 9.00. The molecule has 0 aliphatic carbocycles. The van der Waals surface area contributed by atoms with Crippen molar-refractivity contribution in [2.75, 3.05) is 5.75 Å². The van der Waals surface area contributed by atoms with Crippen LogP contribution in [0.25, 0.3) is 0 Å². The Morgan fingerprint density at radius 1 is 1.39 bits per heavy atom. The summed E-state index contributed by atoms with van der Waals surface area (Å²) in [7, 11) is 0. The Kier molecular flexibility index (Phi) is 5.71. The molecule has 0 aromatic heterocycles. The monoisotopic (exact) mass is 262 g/mol. The lowest BCUT2D eigenvalue weighted by atomic mass is 9.94. The van der Waals surface area contributed by atoms with E-state index >= 15 is 0 Å². The number of rotatable bonds is 6. The van der Waals surface area contributed by atoms with E-state index in [-0.39, 0.29) is 0 Å². The first-order chi connectivity index (χ1) is 8.50. The molecule has 0 bridgehead atoms. The van der Waals surface area contributed by atoms with Crippen LogP contribution in [-0.2, 0) is 0 Å². The highest BCUT2D eigenvalue weighted by Crippen LogP contribution is 2.25. The summed E-state index contributed by atoms with van der Waals surface area (Å²) in [4.78, 5) is 1.34. The largest absolute Gasteiger partial charge is 0.313 e. The van der Waals surface area contributed by atoms with Gasteiger partial charge < -0.3 is 5.73 Å². The van der Waals surface area contributed by atoms with Gasteiger partial charge in [0.25, 0.3) is 0 Å². The van der Waals surface area contributed by atoms with Gasteiger partial charge in [-0.05, 0) is 50.5 Å². The lowest BCUT2D eigenvalue weighted by molar-refractivity contribution is 0.478. The quantitative estimate of drug-likeness (QED) is 0.626. The molecule has 0 spiro atoms. The highest BCUT2D eigenvalue weighted by atomic mass is 32.2. The number of nitrogens with zero attached hydrogens (tertiary/aromatic N) is 1. The molecule has 1 aromatic rings. The first kappa shape index (κ1) is 15.1.